The predicted octanol–water partition coefficient (Wildman–Crippen LogP) is 0.387. The van der Waals surface area contributed by atoms with Crippen LogP contribution in [0.4, 0.5) is 0 Å². The minimum Gasteiger partial charge on any atom is -0.376 e. The third kappa shape index (κ3) is 1.81. The molecule has 5 heteroatoms. The van der Waals surface area contributed by atoms with E-state index in [0.29, 0.717) is 6.54 Å². The molecule has 0 N–H and O–H groups in total. The fourth-order valence-electron chi connectivity index (χ4n) is 3.30. The fraction of sp³-hybridized carbons (Fsp3) is 0.846. The molecule has 3 aliphatic rings. The summed E-state index contributed by atoms with van der Waals surface area (Å²) in [5.41, 5.74) is 0. The van der Waals surface area contributed by atoms with Gasteiger partial charge < -0.3 is 14.5 Å². The number of carbonyl (C=O) groups is 2. The second-order valence-electron chi connectivity index (χ2n) is 5.49. The number of piperazine rings is 1. The summed E-state index contributed by atoms with van der Waals surface area (Å²) in [5.74, 6) is 0.227. The highest BCUT2D eigenvalue weighted by Gasteiger charge is 2.46. The minimum atomic E-state index is -0.323. The molecule has 3 atom stereocenters. The van der Waals surface area contributed by atoms with Crippen LogP contribution in [0.3, 0.4) is 0 Å². The Hall–Kier alpha value is -1.10. The summed E-state index contributed by atoms with van der Waals surface area (Å²) >= 11 is 0. The first kappa shape index (κ1) is 12.0. The molecule has 0 bridgehead atoms. The third-order valence-corrected chi connectivity index (χ3v) is 4.35. The Bertz CT molecular complexity index is 365. The van der Waals surface area contributed by atoms with E-state index in [1.54, 1.807) is 9.80 Å². The van der Waals surface area contributed by atoms with Gasteiger partial charge in [-0.15, -0.1) is 0 Å². The van der Waals surface area contributed by atoms with E-state index in [9.17, 15) is 9.59 Å². The normalized spacial score (nSPS) is 36.4. The van der Waals surface area contributed by atoms with Crippen LogP contribution < -0.4 is 0 Å². The number of hydrogen-bond donors (Lipinski definition) is 0. The second kappa shape index (κ2) is 4.53. The molecule has 3 unspecified atom stereocenters. The quantitative estimate of drug-likeness (QED) is 0.714. The Balaban J connectivity index is 1.75. The van der Waals surface area contributed by atoms with E-state index in [1.165, 1.54) is 0 Å². The molecule has 100 valence electrons. The molecule has 3 rings (SSSR count). The van der Waals surface area contributed by atoms with Gasteiger partial charge in [-0.3, -0.25) is 9.59 Å². The van der Waals surface area contributed by atoms with Crippen molar-refractivity contribution < 1.29 is 14.3 Å². The van der Waals surface area contributed by atoms with Crippen molar-refractivity contribution in [3.05, 3.63) is 0 Å². The molecule has 0 aromatic heterocycles. The van der Waals surface area contributed by atoms with E-state index in [4.69, 9.17) is 4.74 Å². The summed E-state index contributed by atoms with van der Waals surface area (Å²) in [6.45, 7) is 3.94. The largest absolute Gasteiger partial charge is 0.376 e. The molecule has 0 spiro atoms. The third-order valence-electron chi connectivity index (χ3n) is 4.35. The van der Waals surface area contributed by atoms with Gasteiger partial charge in [-0.05, 0) is 32.6 Å². The smallest absolute Gasteiger partial charge is 0.246 e. The number of rotatable bonds is 2. The maximum Gasteiger partial charge on any atom is 0.246 e. The van der Waals surface area contributed by atoms with Crippen molar-refractivity contribution in [3.63, 3.8) is 0 Å². The number of carbonyl (C=O) groups excluding carboxylic acids is 2. The molecule has 0 radical (unpaired) electrons. The average molecular weight is 252 g/mol. The van der Waals surface area contributed by atoms with Crippen LogP contribution in [0.25, 0.3) is 0 Å². The van der Waals surface area contributed by atoms with E-state index in [-0.39, 0.29) is 30.0 Å². The van der Waals surface area contributed by atoms with Crippen LogP contribution in [-0.4, -0.2) is 59.5 Å². The van der Waals surface area contributed by atoms with Gasteiger partial charge in [0.2, 0.25) is 11.8 Å². The van der Waals surface area contributed by atoms with Crippen molar-refractivity contribution in [2.45, 2.75) is 50.8 Å². The van der Waals surface area contributed by atoms with Gasteiger partial charge in [-0.1, -0.05) is 0 Å². The first-order valence-electron chi connectivity index (χ1n) is 6.91. The van der Waals surface area contributed by atoms with Gasteiger partial charge >= 0.3 is 0 Å². The lowest BCUT2D eigenvalue weighted by Crippen LogP contribution is -2.62. The van der Waals surface area contributed by atoms with E-state index < -0.39 is 0 Å². The van der Waals surface area contributed by atoms with Crippen LogP contribution in [0.2, 0.25) is 0 Å². The summed E-state index contributed by atoms with van der Waals surface area (Å²) in [6, 6.07) is -0.522. The highest BCUT2D eigenvalue weighted by atomic mass is 16.5. The number of nitrogens with zero attached hydrogens (tertiary/aromatic N) is 2. The first-order chi connectivity index (χ1) is 8.68. The second-order valence-corrected chi connectivity index (χ2v) is 5.49. The van der Waals surface area contributed by atoms with Crippen LogP contribution in [0.5, 0.6) is 0 Å². The Morgan fingerprint density at radius 2 is 2.06 bits per heavy atom. The Morgan fingerprint density at radius 3 is 2.78 bits per heavy atom. The van der Waals surface area contributed by atoms with Crippen molar-refractivity contribution in [1.29, 1.82) is 0 Å². The summed E-state index contributed by atoms with van der Waals surface area (Å²) in [7, 11) is 0. The summed E-state index contributed by atoms with van der Waals surface area (Å²) in [5, 5.41) is 0. The molecule has 0 aromatic carbocycles. The molecular formula is C13H20N2O3. The van der Waals surface area contributed by atoms with Crippen molar-refractivity contribution in [2.24, 2.45) is 0 Å². The number of hydrogen-bond acceptors (Lipinski definition) is 3. The topological polar surface area (TPSA) is 49.9 Å². The molecule has 0 aromatic rings. The zero-order valence-electron chi connectivity index (χ0n) is 10.8. The summed E-state index contributed by atoms with van der Waals surface area (Å²) in [6.07, 6.45) is 3.95. The minimum absolute atomic E-state index is 0.107. The average Bonchev–Trinajstić information content (AvgIpc) is 3.02. The molecule has 3 heterocycles. The molecule has 2 amide bonds. The molecule has 3 fully saturated rings. The standard InChI is InChI=1S/C13H20N2O3/c1-9-12(16)14-6-2-5-11(14)13(17)15(9)8-10-4-3-7-18-10/h9-11H,2-8H2,1H3. The monoisotopic (exact) mass is 252 g/mol. The van der Waals surface area contributed by atoms with E-state index >= 15 is 0 Å². The van der Waals surface area contributed by atoms with Gasteiger partial charge in [0.25, 0.3) is 0 Å². The molecule has 18 heavy (non-hydrogen) atoms. The van der Waals surface area contributed by atoms with Crippen molar-refractivity contribution in [2.75, 3.05) is 19.7 Å². The van der Waals surface area contributed by atoms with Gasteiger partial charge in [0, 0.05) is 19.7 Å². The Labute approximate surface area is 107 Å². The molecular weight excluding hydrogens is 232 g/mol. The van der Waals surface area contributed by atoms with Gasteiger partial charge in [0.05, 0.1) is 6.10 Å². The van der Waals surface area contributed by atoms with Crippen LogP contribution in [0.15, 0.2) is 0 Å². The van der Waals surface area contributed by atoms with Crippen LogP contribution in [0, 0.1) is 0 Å². The van der Waals surface area contributed by atoms with Crippen LogP contribution >= 0.6 is 0 Å². The zero-order valence-corrected chi connectivity index (χ0v) is 10.8. The molecule has 3 saturated heterocycles. The summed E-state index contributed by atoms with van der Waals surface area (Å²) < 4.78 is 5.58. The summed E-state index contributed by atoms with van der Waals surface area (Å²) in [4.78, 5) is 28.2. The lowest BCUT2D eigenvalue weighted by molar-refractivity contribution is -0.160. The lowest BCUT2D eigenvalue weighted by Gasteiger charge is -2.41. The van der Waals surface area contributed by atoms with Crippen molar-refractivity contribution in [1.82, 2.24) is 9.80 Å². The van der Waals surface area contributed by atoms with E-state index in [2.05, 4.69) is 0 Å². The van der Waals surface area contributed by atoms with Gasteiger partial charge in [0.15, 0.2) is 0 Å². The zero-order chi connectivity index (χ0) is 12.7. The number of ether oxygens (including phenoxy) is 1. The molecule has 3 aliphatic heterocycles. The van der Waals surface area contributed by atoms with Crippen molar-refractivity contribution in [3.8, 4) is 0 Å². The highest BCUT2D eigenvalue weighted by Crippen LogP contribution is 2.27. The molecule has 5 nitrogen and oxygen atoms in total. The van der Waals surface area contributed by atoms with Crippen LogP contribution in [-0.2, 0) is 14.3 Å². The SMILES string of the molecule is CC1C(=O)N2CCCC2C(=O)N1CC1CCCO1. The van der Waals surface area contributed by atoms with Gasteiger partial charge in [-0.25, -0.2) is 0 Å². The maximum atomic E-state index is 12.4. The molecule has 0 saturated carbocycles. The van der Waals surface area contributed by atoms with E-state index in [0.717, 1.165) is 38.8 Å². The Kier molecular flexibility index (Phi) is 3.01. The number of fused-ring (bicyclic) bond motifs is 1. The fourth-order valence-corrected chi connectivity index (χ4v) is 3.30. The first-order valence-corrected chi connectivity index (χ1v) is 6.91. The lowest BCUT2D eigenvalue weighted by atomic mass is 10.1. The van der Waals surface area contributed by atoms with Crippen molar-refractivity contribution >= 4 is 11.8 Å². The molecule has 0 aliphatic carbocycles. The predicted molar refractivity (Wildman–Crippen MR) is 64.9 cm³/mol. The Morgan fingerprint density at radius 1 is 1.22 bits per heavy atom. The van der Waals surface area contributed by atoms with Crippen LogP contribution in [0.1, 0.15) is 32.6 Å². The maximum absolute atomic E-state index is 12.4. The number of amides is 2. The highest BCUT2D eigenvalue weighted by molar-refractivity contribution is 5.97. The van der Waals surface area contributed by atoms with Gasteiger partial charge in [-0.2, -0.15) is 0 Å². The van der Waals surface area contributed by atoms with Gasteiger partial charge in [0.1, 0.15) is 12.1 Å². The van der Waals surface area contributed by atoms with E-state index in [1.807, 2.05) is 6.92 Å².